The quantitative estimate of drug-likeness (QED) is 0.610. The van der Waals surface area contributed by atoms with Gasteiger partial charge in [-0.05, 0) is 57.4 Å². The molecule has 0 amide bonds. The Morgan fingerprint density at radius 2 is 1.93 bits per heavy atom. The van der Waals surface area contributed by atoms with E-state index in [1.54, 1.807) is 26.2 Å². The smallest absolute Gasteiger partial charge is 0.138 e. The predicted octanol–water partition coefficient (Wildman–Crippen LogP) is 3.87. The summed E-state index contributed by atoms with van der Waals surface area (Å²) in [6.07, 6.45) is 11.0. The Kier molecular flexibility index (Phi) is 7.56. The molecule has 6 nitrogen and oxygen atoms in total. The lowest BCUT2D eigenvalue weighted by atomic mass is 9.92. The van der Waals surface area contributed by atoms with Crippen LogP contribution in [0.15, 0.2) is 24.3 Å². The summed E-state index contributed by atoms with van der Waals surface area (Å²) in [7, 11) is 1.80. The highest BCUT2D eigenvalue weighted by molar-refractivity contribution is 6.12. The van der Waals surface area contributed by atoms with E-state index in [4.69, 9.17) is 20.5 Å². The van der Waals surface area contributed by atoms with Crippen LogP contribution in [0.1, 0.15) is 56.7 Å². The molecule has 1 aromatic heterocycles. The van der Waals surface area contributed by atoms with Gasteiger partial charge in [0.05, 0.1) is 11.8 Å². The standard InChI is InChI=1S/C23H35N5O/c1-16(24)9-12-20(25)19-11-10-17(2)26-23(19)28-14-13-21(22(15-28)29-3)27-18-7-5-4-6-8-18/h9-12,18,21-22,24-25,27H,4-8,13-15H2,1-3H3/b12-9-,24-16?,25-20?/t21-,22+/m0/s1. The highest BCUT2D eigenvalue weighted by Gasteiger charge is 2.32. The van der Waals surface area contributed by atoms with Crippen molar-refractivity contribution in [2.24, 2.45) is 0 Å². The number of aromatic nitrogens is 1. The monoisotopic (exact) mass is 397 g/mol. The fourth-order valence-corrected chi connectivity index (χ4v) is 4.40. The second-order valence-corrected chi connectivity index (χ2v) is 8.37. The number of hydrogen-bond acceptors (Lipinski definition) is 6. The summed E-state index contributed by atoms with van der Waals surface area (Å²) in [5, 5.41) is 19.9. The SMILES string of the molecule is CO[C@@H]1CN(c2nc(C)ccc2C(=N)/C=C\C(C)=N)CC[C@@H]1NC1CCCCC1. The molecule has 158 valence electrons. The van der Waals surface area contributed by atoms with Gasteiger partial charge in [0.2, 0.25) is 0 Å². The number of allylic oxidation sites excluding steroid dienone is 2. The summed E-state index contributed by atoms with van der Waals surface area (Å²) in [5.41, 5.74) is 2.57. The molecular weight excluding hydrogens is 362 g/mol. The van der Waals surface area contributed by atoms with Gasteiger partial charge in [0.15, 0.2) is 0 Å². The molecule has 2 fully saturated rings. The number of rotatable bonds is 7. The van der Waals surface area contributed by atoms with E-state index in [1.807, 2.05) is 19.1 Å². The molecular formula is C23H35N5O. The Balaban J connectivity index is 1.74. The number of anilines is 1. The molecule has 0 bridgehead atoms. The maximum atomic E-state index is 8.46. The zero-order valence-corrected chi connectivity index (χ0v) is 18.0. The van der Waals surface area contributed by atoms with Crippen molar-refractivity contribution in [2.45, 2.75) is 70.6 Å². The summed E-state index contributed by atoms with van der Waals surface area (Å²) < 4.78 is 5.88. The average Bonchev–Trinajstić information content (AvgIpc) is 2.73. The van der Waals surface area contributed by atoms with E-state index in [1.165, 1.54) is 32.1 Å². The van der Waals surface area contributed by atoms with Gasteiger partial charge in [-0.3, -0.25) is 0 Å². The van der Waals surface area contributed by atoms with Crippen LogP contribution in [0.2, 0.25) is 0 Å². The molecule has 1 aliphatic heterocycles. The van der Waals surface area contributed by atoms with Gasteiger partial charge < -0.3 is 25.8 Å². The lowest BCUT2D eigenvalue weighted by molar-refractivity contribution is 0.0533. The molecule has 29 heavy (non-hydrogen) atoms. The van der Waals surface area contributed by atoms with E-state index < -0.39 is 0 Å². The van der Waals surface area contributed by atoms with E-state index in [0.29, 0.717) is 23.5 Å². The first kappa shape index (κ1) is 21.7. The number of nitrogens with zero attached hydrogens (tertiary/aromatic N) is 2. The molecule has 3 N–H and O–H groups in total. The van der Waals surface area contributed by atoms with Crippen molar-refractivity contribution in [1.82, 2.24) is 10.3 Å². The van der Waals surface area contributed by atoms with Crippen molar-refractivity contribution in [3.05, 3.63) is 35.5 Å². The Morgan fingerprint density at radius 3 is 2.62 bits per heavy atom. The van der Waals surface area contributed by atoms with Gasteiger partial charge in [-0.1, -0.05) is 19.3 Å². The van der Waals surface area contributed by atoms with Gasteiger partial charge in [0, 0.05) is 49.3 Å². The maximum absolute atomic E-state index is 8.46. The first-order valence-electron chi connectivity index (χ1n) is 10.8. The van der Waals surface area contributed by atoms with Crippen LogP contribution in [0.25, 0.3) is 0 Å². The Labute approximate surface area is 174 Å². The van der Waals surface area contributed by atoms with Gasteiger partial charge in [-0.15, -0.1) is 0 Å². The number of methoxy groups -OCH3 is 1. The fourth-order valence-electron chi connectivity index (χ4n) is 4.40. The maximum Gasteiger partial charge on any atom is 0.138 e. The van der Waals surface area contributed by atoms with E-state index >= 15 is 0 Å². The molecule has 1 saturated heterocycles. The first-order valence-corrected chi connectivity index (χ1v) is 10.8. The first-order chi connectivity index (χ1) is 14.0. The van der Waals surface area contributed by atoms with Crippen LogP contribution >= 0.6 is 0 Å². The number of piperidine rings is 1. The minimum atomic E-state index is 0.106. The van der Waals surface area contributed by atoms with Crippen molar-refractivity contribution in [2.75, 3.05) is 25.1 Å². The van der Waals surface area contributed by atoms with E-state index in [-0.39, 0.29) is 6.10 Å². The Bertz CT molecular complexity index is 754. The van der Waals surface area contributed by atoms with Crippen LogP contribution in [0.3, 0.4) is 0 Å². The third-order valence-electron chi connectivity index (χ3n) is 6.02. The van der Waals surface area contributed by atoms with Crippen LogP contribution in [0.4, 0.5) is 5.82 Å². The number of aryl methyl sites for hydroxylation is 1. The van der Waals surface area contributed by atoms with E-state index in [2.05, 4.69) is 10.2 Å². The molecule has 3 rings (SSSR count). The van der Waals surface area contributed by atoms with E-state index in [0.717, 1.165) is 36.6 Å². The second kappa shape index (κ2) is 10.1. The van der Waals surface area contributed by atoms with Crippen LogP contribution in [-0.4, -0.2) is 54.8 Å². The topological polar surface area (TPSA) is 85.1 Å². The summed E-state index contributed by atoms with van der Waals surface area (Å²) in [6.45, 7) is 5.37. The molecule has 0 aromatic carbocycles. The van der Waals surface area contributed by atoms with Crippen molar-refractivity contribution in [3.63, 3.8) is 0 Å². The predicted molar refractivity (Wildman–Crippen MR) is 120 cm³/mol. The highest BCUT2D eigenvalue weighted by Crippen LogP contribution is 2.26. The third kappa shape index (κ3) is 5.73. The molecule has 0 unspecified atom stereocenters. The lowest BCUT2D eigenvalue weighted by Crippen LogP contribution is -2.56. The zero-order valence-electron chi connectivity index (χ0n) is 18.0. The molecule has 1 aromatic rings. The zero-order chi connectivity index (χ0) is 20.8. The summed E-state index contributed by atoms with van der Waals surface area (Å²) >= 11 is 0. The van der Waals surface area contributed by atoms with Gasteiger partial charge in [-0.25, -0.2) is 4.98 Å². The summed E-state index contributed by atoms with van der Waals surface area (Å²) in [5.74, 6) is 0.848. The Hall–Kier alpha value is -2.05. The third-order valence-corrected chi connectivity index (χ3v) is 6.02. The van der Waals surface area contributed by atoms with Crippen molar-refractivity contribution < 1.29 is 4.74 Å². The molecule has 6 heteroatoms. The number of ether oxygens (including phenoxy) is 1. The fraction of sp³-hybridized carbons (Fsp3) is 0.609. The molecule has 0 spiro atoms. The minimum absolute atomic E-state index is 0.106. The largest absolute Gasteiger partial charge is 0.378 e. The van der Waals surface area contributed by atoms with Gasteiger partial charge in [0.1, 0.15) is 5.82 Å². The van der Waals surface area contributed by atoms with Crippen molar-refractivity contribution in [1.29, 1.82) is 10.8 Å². The van der Waals surface area contributed by atoms with Crippen LogP contribution in [0, 0.1) is 17.7 Å². The normalized spacial score (nSPS) is 23.5. The number of pyridine rings is 1. The molecule has 1 aliphatic carbocycles. The number of nitrogens with one attached hydrogen (secondary N) is 3. The van der Waals surface area contributed by atoms with Gasteiger partial charge in [-0.2, -0.15) is 0 Å². The van der Waals surface area contributed by atoms with Crippen LogP contribution in [0.5, 0.6) is 0 Å². The van der Waals surface area contributed by atoms with Crippen LogP contribution < -0.4 is 10.2 Å². The number of hydrogen-bond donors (Lipinski definition) is 3. The van der Waals surface area contributed by atoms with Gasteiger partial charge >= 0.3 is 0 Å². The summed E-state index contributed by atoms with van der Waals surface area (Å²) in [4.78, 5) is 7.04. The molecule has 0 radical (unpaired) electrons. The molecule has 2 aliphatic rings. The molecule has 2 atom stereocenters. The van der Waals surface area contributed by atoms with Crippen molar-refractivity contribution >= 4 is 17.2 Å². The van der Waals surface area contributed by atoms with Crippen molar-refractivity contribution in [3.8, 4) is 0 Å². The average molecular weight is 398 g/mol. The molecule has 2 heterocycles. The van der Waals surface area contributed by atoms with E-state index in [9.17, 15) is 0 Å². The Morgan fingerprint density at radius 1 is 1.17 bits per heavy atom. The highest BCUT2D eigenvalue weighted by atomic mass is 16.5. The van der Waals surface area contributed by atoms with Gasteiger partial charge in [0.25, 0.3) is 0 Å². The summed E-state index contributed by atoms with van der Waals surface area (Å²) in [6, 6.07) is 4.90. The van der Waals surface area contributed by atoms with Crippen LogP contribution in [-0.2, 0) is 4.74 Å². The minimum Gasteiger partial charge on any atom is -0.378 e. The second-order valence-electron chi connectivity index (χ2n) is 8.37. The lowest BCUT2D eigenvalue weighted by Gasteiger charge is -2.41. The molecule has 1 saturated carbocycles.